The van der Waals surface area contributed by atoms with Crippen LogP contribution in [0.1, 0.15) is 39.5 Å². The number of ether oxygens (including phenoxy) is 2. The molecule has 0 saturated carbocycles. The zero-order chi connectivity index (χ0) is 12.5. The van der Waals surface area contributed by atoms with Crippen LogP contribution in [0.25, 0.3) is 0 Å². The third-order valence-electron chi connectivity index (χ3n) is 2.93. The van der Waals surface area contributed by atoms with Crippen LogP contribution in [0.2, 0.25) is 0 Å². The van der Waals surface area contributed by atoms with Crippen LogP contribution >= 0.6 is 0 Å². The van der Waals surface area contributed by atoms with Crippen LogP contribution in [-0.4, -0.2) is 38.4 Å². The minimum atomic E-state index is -0.0675. The predicted molar refractivity (Wildman–Crippen MR) is 66.9 cm³/mol. The molecule has 1 heterocycles. The Kier molecular flexibility index (Phi) is 7.21. The lowest BCUT2D eigenvalue weighted by Gasteiger charge is -2.21. The molecule has 1 N–H and O–H groups in total. The van der Waals surface area contributed by atoms with Gasteiger partial charge in [-0.15, -0.1) is 0 Å². The minimum Gasteiger partial charge on any atom is -0.465 e. The van der Waals surface area contributed by atoms with Gasteiger partial charge in [0.05, 0.1) is 6.61 Å². The monoisotopic (exact) mass is 243 g/mol. The highest BCUT2D eigenvalue weighted by atomic mass is 16.5. The van der Waals surface area contributed by atoms with Gasteiger partial charge in [-0.3, -0.25) is 4.79 Å². The fourth-order valence-corrected chi connectivity index (χ4v) is 1.82. The maximum atomic E-state index is 11.4. The Morgan fingerprint density at radius 3 is 2.76 bits per heavy atom. The Balaban J connectivity index is 1.96. The summed E-state index contributed by atoms with van der Waals surface area (Å²) in [5.41, 5.74) is 0. The van der Waals surface area contributed by atoms with E-state index < -0.39 is 0 Å². The third kappa shape index (κ3) is 7.34. The van der Waals surface area contributed by atoms with Gasteiger partial charge in [-0.1, -0.05) is 13.8 Å². The second-order valence-corrected chi connectivity index (χ2v) is 4.95. The van der Waals surface area contributed by atoms with Crippen molar-refractivity contribution < 1.29 is 14.3 Å². The topological polar surface area (TPSA) is 47.6 Å². The molecule has 4 nitrogen and oxygen atoms in total. The second kappa shape index (κ2) is 8.48. The zero-order valence-corrected chi connectivity index (χ0v) is 11.0. The van der Waals surface area contributed by atoms with Crippen molar-refractivity contribution in [1.82, 2.24) is 5.32 Å². The molecule has 1 saturated heterocycles. The summed E-state index contributed by atoms with van der Waals surface area (Å²) in [4.78, 5) is 11.4. The van der Waals surface area contributed by atoms with E-state index in [1.165, 1.54) is 0 Å². The molecule has 0 spiro atoms. The van der Waals surface area contributed by atoms with Gasteiger partial charge in [0, 0.05) is 25.7 Å². The molecular formula is C13H25NO3. The largest absolute Gasteiger partial charge is 0.465 e. The third-order valence-corrected chi connectivity index (χ3v) is 2.93. The quantitative estimate of drug-likeness (QED) is 0.546. The first-order valence-corrected chi connectivity index (χ1v) is 6.65. The van der Waals surface area contributed by atoms with Crippen molar-refractivity contribution in [3.63, 3.8) is 0 Å². The van der Waals surface area contributed by atoms with Gasteiger partial charge in [0.25, 0.3) is 0 Å². The summed E-state index contributed by atoms with van der Waals surface area (Å²) in [7, 11) is 0. The standard InChI is InChI=1S/C13H25NO3/c1-11(2)14-7-3-4-13(15)17-10-12-5-8-16-9-6-12/h11-12,14H,3-10H2,1-2H3. The smallest absolute Gasteiger partial charge is 0.305 e. The molecule has 0 aliphatic carbocycles. The van der Waals surface area contributed by atoms with Gasteiger partial charge in [-0.05, 0) is 31.7 Å². The van der Waals surface area contributed by atoms with Crippen molar-refractivity contribution >= 4 is 5.97 Å². The Morgan fingerprint density at radius 2 is 2.12 bits per heavy atom. The van der Waals surface area contributed by atoms with Crippen LogP contribution < -0.4 is 5.32 Å². The summed E-state index contributed by atoms with van der Waals surface area (Å²) < 4.78 is 10.5. The Bertz CT molecular complexity index is 213. The molecule has 1 aliphatic heterocycles. The van der Waals surface area contributed by atoms with Gasteiger partial charge in [-0.2, -0.15) is 0 Å². The molecule has 100 valence electrons. The first-order chi connectivity index (χ1) is 8.18. The van der Waals surface area contributed by atoms with E-state index >= 15 is 0 Å². The number of carbonyl (C=O) groups excluding carboxylic acids is 1. The van der Waals surface area contributed by atoms with Crippen molar-refractivity contribution in [1.29, 1.82) is 0 Å². The molecule has 1 aliphatic rings. The second-order valence-electron chi connectivity index (χ2n) is 4.95. The molecule has 0 aromatic carbocycles. The summed E-state index contributed by atoms with van der Waals surface area (Å²) in [5, 5.41) is 3.28. The molecule has 0 amide bonds. The molecule has 4 heteroatoms. The van der Waals surface area contributed by atoms with E-state index in [1.54, 1.807) is 0 Å². The van der Waals surface area contributed by atoms with Gasteiger partial charge in [-0.25, -0.2) is 0 Å². The summed E-state index contributed by atoms with van der Waals surface area (Å²) in [6.45, 7) is 7.26. The van der Waals surface area contributed by atoms with E-state index in [1.807, 2.05) is 0 Å². The van der Waals surface area contributed by atoms with Crippen LogP contribution in [0, 0.1) is 5.92 Å². The number of hydrogen-bond acceptors (Lipinski definition) is 4. The highest BCUT2D eigenvalue weighted by Crippen LogP contribution is 2.14. The van der Waals surface area contributed by atoms with Crippen molar-refractivity contribution in [2.75, 3.05) is 26.4 Å². The molecule has 1 fully saturated rings. The molecular weight excluding hydrogens is 218 g/mol. The van der Waals surface area contributed by atoms with Crippen LogP contribution in [0.3, 0.4) is 0 Å². The van der Waals surface area contributed by atoms with Crippen LogP contribution in [0.15, 0.2) is 0 Å². The molecule has 0 unspecified atom stereocenters. The van der Waals surface area contributed by atoms with E-state index in [4.69, 9.17) is 9.47 Å². The fraction of sp³-hybridized carbons (Fsp3) is 0.923. The van der Waals surface area contributed by atoms with E-state index in [9.17, 15) is 4.79 Å². The molecule has 0 aromatic rings. The van der Waals surface area contributed by atoms with Crippen molar-refractivity contribution in [2.24, 2.45) is 5.92 Å². The highest BCUT2D eigenvalue weighted by Gasteiger charge is 2.15. The number of nitrogens with one attached hydrogen (secondary N) is 1. The normalized spacial score (nSPS) is 17.4. The number of carbonyl (C=O) groups is 1. The van der Waals surface area contributed by atoms with Crippen LogP contribution in [0.4, 0.5) is 0 Å². The lowest BCUT2D eigenvalue weighted by atomic mass is 10.0. The molecule has 0 aromatic heterocycles. The molecule has 0 atom stereocenters. The average molecular weight is 243 g/mol. The van der Waals surface area contributed by atoms with Crippen LogP contribution in [0.5, 0.6) is 0 Å². The van der Waals surface area contributed by atoms with Crippen molar-refractivity contribution in [3.05, 3.63) is 0 Å². The summed E-state index contributed by atoms with van der Waals surface area (Å²) >= 11 is 0. The molecule has 17 heavy (non-hydrogen) atoms. The van der Waals surface area contributed by atoms with E-state index in [-0.39, 0.29) is 5.97 Å². The van der Waals surface area contributed by atoms with Gasteiger partial charge in [0.15, 0.2) is 0 Å². The van der Waals surface area contributed by atoms with Gasteiger partial charge in [0.2, 0.25) is 0 Å². The number of esters is 1. The lowest BCUT2D eigenvalue weighted by Crippen LogP contribution is -2.25. The van der Waals surface area contributed by atoms with Gasteiger partial charge in [0.1, 0.15) is 0 Å². The summed E-state index contributed by atoms with van der Waals surface area (Å²) in [5.74, 6) is 0.434. The number of rotatable bonds is 7. The first kappa shape index (κ1) is 14.5. The Hall–Kier alpha value is -0.610. The molecule has 0 radical (unpaired) electrons. The molecule has 0 bridgehead atoms. The summed E-state index contributed by atoms with van der Waals surface area (Å²) in [6.07, 6.45) is 3.40. The maximum absolute atomic E-state index is 11.4. The lowest BCUT2D eigenvalue weighted by molar-refractivity contribution is -0.146. The van der Waals surface area contributed by atoms with E-state index in [0.29, 0.717) is 25.0 Å². The van der Waals surface area contributed by atoms with Crippen molar-refractivity contribution in [3.8, 4) is 0 Å². The maximum Gasteiger partial charge on any atom is 0.305 e. The van der Waals surface area contributed by atoms with E-state index in [2.05, 4.69) is 19.2 Å². The van der Waals surface area contributed by atoms with Crippen molar-refractivity contribution in [2.45, 2.75) is 45.6 Å². The van der Waals surface area contributed by atoms with E-state index in [0.717, 1.165) is 39.0 Å². The Morgan fingerprint density at radius 1 is 1.41 bits per heavy atom. The van der Waals surface area contributed by atoms with Crippen LogP contribution in [-0.2, 0) is 14.3 Å². The highest BCUT2D eigenvalue weighted by molar-refractivity contribution is 5.69. The molecule has 1 rings (SSSR count). The van der Waals surface area contributed by atoms with Gasteiger partial charge < -0.3 is 14.8 Å². The Labute approximate surface area is 104 Å². The minimum absolute atomic E-state index is 0.0675. The number of hydrogen-bond donors (Lipinski definition) is 1. The first-order valence-electron chi connectivity index (χ1n) is 6.65. The SMILES string of the molecule is CC(C)NCCCC(=O)OCC1CCOCC1. The predicted octanol–water partition coefficient (Wildman–Crippen LogP) is 1.73. The zero-order valence-electron chi connectivity index (χ0n) is 11.0. The summed E-state index contributed by atoms with van der Waals surface area (Å²) in [6, 6.07) is 0.480. The average Bonchev–Trinajstić information content (AvgIpc) is 2.33. The van der Waals surface area contributed by atoms with Gasteiger partial charge >= 0.3 is 5.97 Å². The fourth-order valence-electron chi connectivity index (χ4n) is 1.82.